The van der Waals surface area contributed by atoms with Crippen LogP contribution in [0.5, 0.6) is 0 Å². The van der Waals surface area contributed by atoms with Gasteiger partial charge in [-0.3, -0.25) is 0 Å². The summed E-state index contributed by atoms with van der Waals surface area (Å²) in [5.41, 5.74) is 0.286. The standard InChI is InChI=1S/C15H16BrF2NS/c1-15(2,3)14-5-4-9(20-14)8-19-13-7-11(17)10(16)6-12(13)18/h4-7,19H,8H2,1-3H3. The Labute approximate surface area is 130 Å². The molecule has 108 valence electrons. The molecule has 0 saturated heterocycles. The Morgan fingerprint density at radius 1 is 1.15 bits per heavy atom. The van der Waals surface area contributed by atoms with Crippen molar-refractivity contribution in [2.45, 2.75) is 32.7 Å². The molecule has 2 aromatic rings. The highest BCUT2D eigenvalue weighted by Crippen LogP contribution is 2.30. The molecule has 0 aliphatic heterocycles. The minimum Gasteiger partial charge on any atom is -0.378 e. The van der Waals surface area contributed by atoms with Gasteiger partial charge in [-0.1, -0.05) is 20.8 Å². The van der Waals surface area contributed by atoms with Crippen molar-refractivity contribution in [1.82, 2.24) is 0 Å². The predicted molar refractivity (Wildman–Crippen MR) is 84.4 cm³/mol. The van der Waals surface area contributed by atoms with E-state index in [2.05, 4.69) is 48.1 Å². The molecule has 2 rings (SSSR count). The van der Waals surface area contributed by atoms with Crippen LogP contribution in [0.2, 0.25) is 0 Å². The Kier molecular flexibility index (Phi) is 4.49. The third kappa shape index (κ3) is 3.58. The molecule has 0 aliphatic rings. The normalized spacial score (nSPS) is 11.7. The van der Waals surface area contributed by atoms with E-state index in [1.165, 1.54) is 4.88 Å². The average Bonchev–Trinajstić information content (AvgIpc) is 2.80. The van der Waals surface area contributed by atoms with Gasteiger partial charge in [0.25, 0.3) is 0 Å². The van der Waals surface area contributed by atoms with E-state index in [1.54, 1.807) is 11.3 Å². The van der Waals surface area contributed by atoms with E-state index in [0.29, 0.717) is 6.54 Å². The molecule has 20 heavy (non-hydrogen) atoms. The fourth-order valence-electron chi connectivity index (χ4n) is 1.72. The summed E-state index contributed by atoms with van der Waals surface area (Å²) >= 11 is 4.64. The van der Waals surface area contributed by atoms with Crippen LogP contribution >= 0.6 is 27.3 Å². The Morgan fingerprint density at radius 2 is 1.85 bits per heavy atom. The van der Waals surface area contributed by atoms with Gasteiger partial charge in [0.15, 0.2) is 0 Å². The third-order valence-electron chi connectivity index (χ3n) is 2.86. The van der Waals surface area contributed by atoms with E-state index in [-0.39, 0.29) is 15.6 Å². The molecule has 1 N–H and O–H groups in total. The first-order valence-electron chi connectivity index (χ1n) is 6.25. The minimum atomic E-state index is -0.476. The van der Waals surface area contributed by atoms with Gasteiger partial charge in [0.2, 0.25) is 0 Å². The van der Waals surface area contributed by atoms with Gasteiger partial charge < -0.3 is 5.32 Å². The molecule has 0 saturated carbocycles. The molecule has 0 aliphatic carbocycles. The van der Waals surface area contributed by atoms with Crippen LogP contribution in [0.25, 0.3) is 0 Å². The third-order valence-corrected chi connectivity index (χ3v) is 4.98. The molecule has 5 heteroatoms. The number of benzene rings is 1. The molecule has 1 aromatic carbocycles. The number of hydrogen-bond acceptors (Lipinski definition) is 2. The summed E-state index contributed by atoms with van der Waals surface area (Å²) < 4.78 is 27.2. The smallest absolute Gasteiger partial charge is 0.147 e. The summed E-state index contributed by atoms with van der Waals surface area (Å²) in [6.07, 6.45) is 0. The van der Waals surface area contributed by atoms with Crippen LogP contribution in [0.1, 0.15) is 30.5 Å². The molecule has 0 bridgehead atoms. The van der Waals surface area contributed by atoms with E-state index in [1.807, 2.05) is 6.07 Å². The highest BCUT2D eigenvalue weighted by Gasteiger charge is 2.16. The van der Waals surface area contributed by atoms with Crippen molar-refractivity contribution in [3.05, 3.63) is 50.1 Å². The van der Waals surface area contributed by atoms with Crippen LogP contribution in [0.3, 0.4) is 0 Å². The van der Waals surface area contributed by atoms with Crippen molar-refractivity contribution >= 4 is 33.0 Å². The molecule has 0 amide bonds. The summed E-state index contributed by atoms with van der Waals surface area (Å²) in [6, 6.07) is 6.40. The number of hydrogen-bond donors (Lipinski definition) is 1. The van der Waals surface area contributed by atoms with Crippen LogP contribution in [-0.4, -0.2) is 0 Å². The fourth-order valence-corrected chi connectivity index (χ4v) is 3.04. The second-order valence-corrected chi connectivity index (χ2v) is 7.64. The Hall–Kier alpha value is -0.940. The molecular formula is C15H16BrF2NS. The van der Waals surface area contributed by atoms with Gasteiger partial charge in [0.1, 0.15) is 11.6 Å². The van der Waals surface area contributed by atoms with Crippen molar-refractivity contribution in [3.8, 4) is 0 Å². The highest BCUT2D eigenvalue weighted by atomic mass is 79.9. The fraction of sp³-hybridized carbons (Fsp3) is 0.333. The van der Waals surface area contributed by atoms with E-state index in [9.17, 15) is 8.78 Å². The second kappa shape index (κ2) is 5.82. The van der Waals surface area contributed by atoms with Crippen LogP contribution < -0.4 is 5.32 Å². The van der Waals surface area contributed by atoms with Gasteiger partial charge in [-0.25, -0.2) is 8.78 Å². The van der Waals surface area contributed by atoms with E-state index in [0.717, 1.165) is 17.0 Å². The number of anilines is 1. The van der Waals surface area contributed by atoms with E-state index < -0.39 is 11.6 Å². The number of halogens is 3. The predicted octanol–water partition coefficient (Wildman–Crippen LogP) is 5.70. The van der Waals surface area contributed by atoms with Crippen LogP contribution in [-0.2, 0) is 12.0 Å². The zero-order chi connectivity index (χ0) is 14.9. The number of rotatable bonds is 3. The monoisotopic (exact) mass is 359 g/mol. The molecule has 0 unspecified atom stereocenters. The maximum absolute atomic E-state index is 13.7. The molecule has 0 spiro atoms. The summed E-state index contributed by atoms with van der Waals surface area (Å²) in [4.78, 5) is 2.37. The van der Waals surface area contributed by atoms with Gasteiger partial charge in [-0.15, -0.1) is 11.3 Å². The lowest BCUT2D eigenvalue weighted by Gasteiger charge is -2.15. The molecule has 1 heterocycles. The maximum atomic E-state index is 13.7. The first-order valence-corrected chi connectivity index (χ1v) is 7.86. The zero-order valence-corrected chi connectivity index (χ0v) is 14.0. The van der Waals surface area contributed by atoms with Crippen LogP contribution in [0, 0.1) is 11.6 Å². The van der Waals surface area contributed by atoms with Crippen molar-refractivity contribution < 1.29 is 8.78 Å². The summed E-state index contributed by atoms with van der Waals surface area (Å²) in [7, 11) is 0. The summed E-state index contributed by atoms with van der Waals surface area (Å²) in [5, 5.41) is 2.94. The largest absolute Gasteiger partial charge is 0.378 e. The Balaban J connectivity index is 2.09. The highest BCUT2D eigenvalue weighted by molar-refractivity contribution is 9.10. The van der Waals surface area contributed by atoms with Gasteiger partial charge in [-0.05, 0) is 39.5 Å². The van der Waals surface area contributed by atoms with Gasteiger partial charge in [0, 0.05) is 22.4 Å². The first-order chi connectivity index (χ1) is 9.27. The lowest BCUT2D eigenvalue weighted by Crippen LogP contribution is -2.07. The molecule has 0 radical (unpaired) electrons. The molecule has 1 aromatic heterocycles. The van der Waals surface area contributed by atoms with Crippen molar-refractivity contribution in [1.29, 1.82) is 0 Å². The quantitative estimate of drug-likeness (QED) is 0.693. The SMILES string of the molecule is CC(C)(C)c1ccc(CNc2cc(F)c(Br)cc2F)s1. The molecule has 0 fully saturated rings. The Bertz CT molecular complexity index is 617. The number of nitrogens with one attached hydrogen (secondary N) is 1. The van der Waals surface area contributed by atoms with Gasteiger partial charge in [-0.2, -0.15) is 0 Å². The zero-order valence-electron chi connectivity index (χ0n) is 11.6. The lowest BCUT2D eigenvalue weighted by atomic mass is 9.95. The van der Waals surface area contributed by atoms with E-state index >= 15 is 0 Å². The summed E-state index contributed by atoms with van der Waals surface area (Å²) in [6.45, 7) is 6.94. The molecular weight excluding hydrogens is 344 g/mol. The Morgan fingerprint density at radius 3 is 2.45 bits per heavy atom. The van der Waals surface area contributed by atoms with Crippen LogP contribution in [0.15, 0.2) is 28.7 Å². The summed E-state index contributed by atoms with van der Waals surface area (Å²) in [5.74, 6) is -0.943. The average molecular weight is 360 g/mol. The number of thiophene rings is 1. The van der Waals surface area contributed by atoms with Crippen molar-refractivity contribution in [3.63, 3.8) is 0 Å². The van der Waals surface area contributed by atoms with E-state index in [4.69, 9.17) is 0 Å². The lowest BCUT2D eigenvalue weighted by molar-refractivity contribution is 0.596. The van der Waals surface area contributed by atoms with Gasteiger partial charge >= 0.3 is 0 Å². The van der Waals surface area contributed by atoms with Crippen molar-refractivity contribution in [2.75, 3.05) is 5.32 Å². The molecule has 0 atom stereocenters. The topological polar surface area (TPSA) is 12.0 Å². The van der Waals surface area contributed by atoms with Gasteiger partial charge in [0.05, 0.1) is 10.2 Å². The minimum absolute atomic E-state index is 0.109. The first kappa shape index (κ1) is 15.4. The van der Waals surface area contributed by atoms with Crippen molar-refractivity contribution in [2.24, 2.45) is 0 Å². The second-order valence-electron chi connectivity index (χ2n) is 5.62. The molecule has 1 nitrogen and oxygen atoms in total. The maximum Gasteiger partial charge on any atom is 0.147 e. The van der Waals surface area contributed by atoms with Crippen LogP contribution in [0.4, 0.5) is 14.5 Å².